The third-order valence-corrected chi connectivity index (χ3v) is 2.61. The van der Waals surface area contributed by atoms with Crippen molar-refractivity contribution >= 4 is 18.4 Å². The summed E-state index contributed by atoms with van der Waals surface area (Å²) in [4.78, 5) is 10.6. The summed E-state index contributed by atoms with van der Waals surface area (Å²) in [6, 6.07) is 6.53. The van der Waals surface area contributed by atoms with Crippen LogP contribution < -0.4 is 10.5 Å². The molecule has 4 nitrogen and oxygen atoms in total. The molecule has 1 aromatic carbocycles. The number of hydrogen-bond acceptors (Lipinski definition) is 3. The van der Waals surface area contributed by atoms with Crippen molar-refractivity contribution in [3.63, 3.8) is 0 Å². The molecule has 0 aliphatic rings. The van der Waals surface area contributed by atoms with Gasteiger partial charge in [-0.2, -0.15) is 0 Å². The first-order chi connectivity index (χ1) is 8.02. The molecule has 1 unspecified atom stereocenters. The standard InChI is InChI=1S/C13H19NO3.ClH/c1-3-9(2)17-11-6-4-10(5-7-11)8-12(14)13(15)16;/h4-7,9,12H,3,8,14H2,1-2H3,(H,15,16);1H/t9-,12?;/m0./s1. The summed E-state index contributed by atoms with van der Waals surface area (Å²) in [7, 11) is 0. The summed E-state index contributed by atoms with van der Waals surface area (Å²) in [5.41, 5.74) is 6.36. The number of halogens is 1. The molecule has 3 N–H and O–H groups in total. The van der Waals surface area contributed by atoms with Gasteiger partial charge in [0.15, 0.2) is 0 Å². The van der Waals surface area contributed by atoms with E-state index in [1.807, 2.05) is 31.2 Å². The fourth-order valence-electron chi connectivity index (χ4n) is 1.36. The van der Waals surface area contributed by atoms with E-state index in [4.69, 9.17) is 15.6 Å². The molecule has 0 aliphatic carbocycles. The van der Waals surface area contributed by atoms with Crippen molar-refractivity contribution in [1.82, 2.24) is 0 Å². The van der Waals surface area contributed by atoms with Crippen molar-refractivity contribution in [1.29, 1.82) is 0 Å². The number of rotatable bonds is 6. The number of nitrogens with two attached hydrogens (primary N) is 1. The lowest BCUT2D eigenvalue weighted by atomic mass is 10.1. The zero-order chi connectivity index (χ0) is 12.8. The van der Waals surface area contributed by atoms with Crippen molar-refractivity contribution in [2.75, 3.05) is 0 Å². The first-order valence-corrected chi connectivity index (χ1v) is 5.77. The van der Waals surface area contributed by atoms with Crippen LogP contribution in [0.4, 0.5) is 0 Å². The zero-order valence-corrected chi connectivity index (χ0v) is 11.4. The average molecular weight is 274 g/mol. The Morgan fingerprint density at radius 3 is 2.39 bits per heavy atom. The number of carbonyl (C=O) groups is 1. The van der Waals surface area contributed by atoms with E-state index in [1.165, 1.54) is 0 Å². The van der Waals surface area contributed by atoms with Gasteiger partial charge in [0, 0.05) is 0 Å². The van der Waals surface area contributed by atoms with Crippen LogP contribution in [-0.4, -0.2) is 23.2 Å². The Bertz CT molecular complexity index is 367. The van der Waals surface area contributed by atoms with Crippen LogP contribution in [0.3, 0.4) is 0 Å². The van der Waals surface area contributed by atoms with Crippen LogP contribution in [-0.2, 0) is 11.2 Å². The molecule has 1 aromatic rings. The molecule has 0 amide bonds. The molecule has 5 heteroatoms. The third-order valence-electron chi connectivity index (χ3n) is 2.61. The molecule has 0 saturated carbocycles. The summed E-state index contributed by atoms with van der Waals surface area (Å²) in [5, 5.41) is 8.70. The summed E-state index contributed by atoms with van der Waals surface area (Å²) in [6.07, 6.45) is 1.46. The van der Waals surface area contributed by atoms with Crippen LogP contribution in [0.2, 0.25) is 0 Å². The van der Waals surface area contributed by atoms with E-state index in [9.17, 15) is 4.79 Å². The first-order valence-electron chi connectivity index (χ1n) is 5.77. The summed E-state index contributed by atoms with van der Waals surface area (Å²) < 4.78 is 5.62. The number of hydrogen-bond donors (Lipinski definition) is 2. The Labute approximate surface area is 114 Å². The molecule has 2 atom stereocenters. The van der Waals surface area contributed by atoms with Crippen LogP contribution in [0.1, 0.15) is 25.8 Å². The van der Waals surface area contributed by atoms with E-state index in [1.54, 1.807) is 0 Å². The van der Waals surface area contributed by atoms with E-state index in [2.05, 4.69) is 6.92 Å². The highest BCUT2D eigenvalue weighted by molar-refractivity contribution is 5.85. The molecule has 0 heterocycles. The minimum absolute atomic E-state index is 0. The van der Waals surface area contributed by atoms with Gasteiger partial charge in [-0.1, -0.05) is 19.1 Å². The van der Waals surface area contributed by atoms with Gasteiger partial charge in [0.25, 0.3) is 0 Å². The topological polar surface area (TPSA) is 72.5 Å². The van der Waals surface area contributed by atoms with Crippen molar-refractivity contribution in [3.05, 3.63) is 29.8 Å². The molecule has 102 valence electrons. The second-order valence-electron chi connectivity index (χ2n) is 4.13. The van der Waals surface area contributed by atoms with Crippen LogP contribution in [0.25, 0.3) is 0 Å². The van der Waals surface area contributed by atoms with Gasteiger partial charge in [-0.25, -0.2) is 0 Å². The van der Waals surface area contributed by atoms with Crippen molar-refractivity contribution in [2.24, 2.45) is 5.73 Å². The van der Waals surface area contributed by atoms with Crippen molar-refractivity contribution in [3.8, 4) is 5.75 Å². The van der Waals surface area contributed by atoms with Gasteiger partial charge in [-0.15, -0.1) is 12.4 Å². The smallest absolute Gasteiger partial charge is 0.320 e. The quantitative estimate of drug-likeness (QED) is 0.834. The van der Waals surface area contributed by atoms with Crippen LogP contribution >= 0.6 is 12.4 Å². The Morgan fingerprint density at radius 2 is 1.94 bits per heavy atom. The maximum atomic E-state index is 10.6. The number of ether oxygens (including phenoxy) is 1. The highest BCUT2D eigenvalue weighted by Gasteiger charge is 2.11. The Hall–Kier alpha value is -1.26. The second kappa shape index (κ2) is 7.95. The molecule has 0 aliphatic heterocycles. The first kappa shape index (κ1) is 16.7. The summed E-state index contributed by atoms with van der Waals surface area (Å²) in [6.45, 7) is 4.07. The Kier molecular flexibility index (Phi) is 7.39. The Morgan fingerprint density at radius 1 is 1.39 bits per heavy atom. The SMILES string of the molecule is CC[C@H](C)Oc1ccc(CC(N)C(=O)O)cc1.Cl. The maximum absolute atomic E-state index is 10.6. The van der Waals surface area contributed by atoms with Crippen LogP contribution in [0.5, 0.6) is 5.75 Å². The third kappa shape index (κ3) is 5.38. The lowest BCUT2D eigenvalue weighted by Crippen LogP contribution is -2.32. The van der Waals surface area contributed by atoms with Gasteiger partial charge in [0.2, 0.25) is 0 Å². The largest absolute Gasteiger partial charge is 0.491 e. The second-order valence-corrected chi connectivity index (χ2v) is 4.13. The summed E-state index contributed by atoms with van der Waals surface area (Å²) in [5.74, 6) is -0.183. The fraction of sp³-hybridized carbons (Fsp3) is 0.462. The van der Waals surface area contributed by atoms with E-state index >= 15 is 0 Å². The number of carboxylic acid groups (broad SMARTS) is 1. The molecule has 0 fully saturated rings. The predicted octanol–water partition coefficient (Wildman–Crippen LogP) is 2.24. The highest BCUT2D eigenvalue weighted by atomic mass is 35.5. The molecule has 0 radical (unpaired) electrons. The lowest BCUT2D eigenvalue weighted by Gasteiger charge is -2.13. The van der Waals surface area contributed by atoms with Gasteiger partial charge in [-0.05, 0) is 37.5 Å². The van der Waals surface area contributed by atoms with E-state index in [-0.39, 0.29) is 18.5 Å². The van der Waals surface area contributed by atoms with Gasteiger partial charge in [-0.3, -0.25) is 4.79 Å². The van der Waals surface area contributed by atoms with Gasteiger partial charge in [0.05, 0.1) is 6.10 Å². The monoisotopic (exact) mass is 273 g/mol. The Balaban J connectivity index is 0.00000289. The number of aliphatic carboxylic acids is 1. The fourth-order valence-corrected chi connectivity index (χ4v) is 1.36. The molecular formula is C13H20ClNO3. The van der Waals surface area contributed by atoms with Crippen LogP contribution in [0, 0.1) is 0 Å². The molecule has 1 rings (SSSR count). The van der Waals surface area contributed by atoms with E-state index in [0.29, 0.717) is 6.42 Å². The minimum Gasteiger partial charge on any atom is -0.491 e. The molecule has 18 heavy (non-hydrogen) atoms. The molecule has 0 aromatic heterocycles. The lowest BCUT2D eigenvalue weighted by molar-refractivity contribution is -0.138. The molecule has 0 bridgehead atoms. The number of benzene rings is 1. The van der Waals surface area contributed by atoms with E-state index < -0.39 is 12.0 Å². The van der Waals surface area contributed by atoms with Gasteiger partial charge in [0.1, 0.15) is 11.8 Å². The molecular weight excluding hydrogens is 254 g/mol. The number of carboxylic acids is 1. The van der Waals surface area contributed by atoms with Crippen LogP contribution in [0.15, 0.2) is 24.3 Å². The summed E-state index contributed by atoms with van der Waals surface area (Å²) >= 11 is 0. The average Bonchev–Trinajstić information content (AvgIpc) is 2.31. The molecule has 0 saturated heterocycles. The van der Waals surface area contributed by atoms with E-state index in [0.717, 1.165) is 17.7 Å². The van der Waals surface area contributed by atoms with Crippen molar-refractivity contribution < 1.29 is 14.6 Å². The van der Waals surface area contributed by atoms with Crippen molar-refractivity contribution in [2.45, 2.75) is 38.8 Å². The maximum Gasteiger partial charge on any atom is 0.320 e. The minimum atomic E-state index is -0.982. The van der Waals surface area contributed by atoms with Gasteiger partial charge >= 0.3 is 5.97 Å². The molecule has 0 spiro atoms. The highest BCUT2D eigenvalue weighted by Crippen LogP contribution is 2.15. The van der Waals surface area contributed by atoms with Gasteiger partial charge < -0.3 is 15.6 Å². The normalized spacial score (nSPS) is 13.3. The zero-order valence-electron chi connectivity index (χ0n) is 10.6. The predicted molar refractivity (Wildman–Crippen MR) is 73.4 cm³/mol.